The van der Waals surface area contributed by atoms with Gasteiger partial charge in [-0.3, -0.25) is 0 Å². The van der Waals surface area contributed by atoms with Crippen molar-refractivity contribution in [3.05, 3.63) is 28.8 Å². The number of quaternary nitrogens is 1. The molecule has 1 aromatic carbocycles. The lowest BCUT2D eigenvalue weighted by Gasteiger charge is -2.43. The minimum atomic E-state index is 0.227. The van der Waals surface area contributed by atoms with Crippen molar-refractivity contribution in [1.82, 2.24) is 5.32 Å². The summed E-state index contributed by atoms with van der Waals surface area (Å²) in [7, 11) is 0. The van der Waals surface area contributed by atoms with Gasteiger partial charge in [-0.2, -0.15) is 0 Å². The van der Waals surface area contributed by atoms with Gasteiger partial charge in [0, 0.05) is 29.6 Å². The molecule has 1 heterocycles. The van der Waals surface area contributed by atoms with Gasteiger partial charge in [0.05, 0.1) is 11.1 Å². The van der Waals surface area contributed by atoms with Crippen LogP contribution in [0.25, 0.3) is 0 Å². The predicted octanol–water partition coefficient (Wildman–Crippen LogP) is 3.22. The van der Waals surface area contributed by atoms with Gasteiger partial charge in [-0.05, 0) is 70.6 Å². The minimum absolute atomic E-state index is 0.227. The van der Waals surface area contributed by atoms with Gasteiger partial charge in [-0.1, -0.05) is 11.6 Å². The lowest BCUT2D eigenvalue weighted by Crippen LogP contribution is -3.06. The Bertz CT molecular complexity index is 553. The number of piperidine rings is 1. The molecule has 3 nitrogen and oxygen atoms in total. The molecule has 1 aliphatic rings. The molecule has 0 unspecified atom stereocenters. The molecule has 0 saturated carbocycles. The summed E-state index contributed by atoms with van der Waals surface area (Å²) in [6.07, 6.45) is 2.19. The average Bonchev–Trinajstić information content (AvgIpc) is 2.28. The van der Waals surface area contributed by atoms with Gasteiger partial charge in [-0.25, -0.2) is 0 Å². The molecule has 0 amide bonds. The second-order valence-electron chi connectivity index (χ2n) is 7.78. The minimum Gasteiger partial charge on any atom is -0.359 e. The van der Waals surface area contributed by atoms with Gasteiger partial charge in [0.25, 0.3) is 0 Å². The van der Waals surface area contributed by atoms with Crippen LogP contribution >= 0.6 is 23.8 Å². The quantitative estimate of drug-likeness (QED) is 0.724. The first kappa shape index (κ1) is 17.5. The summed E-state index contributed by atoms with van der Waals surface area (Å²) in [6.45, 7) is 11.2. The van der Waals surface area contributed by atoms with Gasteiger partial charge in [0.1, 0.15) is 0 Å². The van der Waals surface area contributed by atoms with Crippen LogP contribution in [0.15, 0.2) is 18.2 Å². The van der Waals surface area contributed by atoms with E-state index in [0.717, 1.165) is 29.1 Å². The number of benzene rings is 1. The van der Waals surface area contributed by atoms with Gasteiger partial charge in [0.15, 0.2) is 5.11 Å². The number of hydrogen-bond donors (Lipinski definition) is 3. The van der Waals surface area contributed by atoms with Crippen LogP contribution in [-0.4, -0.2) is 22.2 Å². The molecule has 0 aromatic heterocycles. The smallest absolute Gasteiger partial charge is 0.171 e. The largest absolute Gasteiger partial charge is 0.359 e. The first-order valence-corrected chi connectivity index (χ1v) is 8.56. The summed E-state index contributed by atoms with van der Waals surface area (Å²) in [6, 6.07) is 6.17. The Hall–Kier alpha value is -0.840. The van der Waals surface area contributed by atoms with Crippen molar-refractivity contribution in [2.24, 2.45) is 0 Å². The number of halogens is 1. The Labute approximate surface area is 144 Å². The fraction of sp³-hybridized carbons (Fsp3) is 0.588. The van der Waals surface area contributed by atoms with E-state index in [1.54, 1.807) is 0 Å². The molecule has 0 radical (unpaired) electrons. The van der Waals surface area contributed by atoms with E-state index < -0.39 is 0 Å². The number of thiocarbonyl (C=S) groups is 1. The molecule has 4 N–H and O–H groups in total. The van der Waals surface area contributed by atoms with Crippen LogP contribution < -0.4 is 16.0 Å². The zero-order valence-electron chi connectivity index (χ0n) is 14.1. The monoisotopic (exact) mass is 340 g/mol. The molecular formula is C17H27ClN3S+. The number of aryl methyl sites for hydroxylation is 1. The summed E-state index contributed by atoms with van der Waals surface area (Å²) in [5.41, 5.74) is 2.55. The van der Waals surface area contributed by atoms with Crippen molar-refractivity contribution in [2.75, 3.05) is 5.32 Å². The number of nitrogens with two attached hydrogens (primary N) is 1. The van der Waals surface area contributed by atoms with E-state index in [1.165, 1.54) is 0 Å². The SMILES string of the molecule is Cc1cc(Cl)ccc1NC(=S)NC1CC(C)(C)[NH2+]C(C)(C)C1. The van der Waals surface area contributed by atoms with E-state index in [0.29, 0.717) is 11.2 Å². The molecule has 0 spiro atoms. The van der Waals surface area contributed by atoms with Crippen molar-refractivity contribution in [1.29, 1.82) is 0 Å². The highest BCUT2D eigenvalue weighted by Gasteiger charge is 2.41. The van der Waals surface area contributed by atoms with E-state index in [4.69, 9.17) is 23.8 Å². The molecule has 5 heteroatoms. The normalized spacial score (nSPS) is 20.5. The van der Waals surface area contributed by atoms with Crippen molar-refractivity contribution < 1.29 is 5.32 Å². The molecule has 22 heavy (non-hydrogen) atoms. The van der Waals surface area contributed by atoms with Crippen molar-refractivity contribution in [3.8, 4) is 0 Å². The third kappa shape index (κ3) is 4.83. The predicted molar refractivity (Wildman–Crippen MR) is 98.7 cm³/mol. The fourth-order valence-corrected chi connectivity index (χ4v) is 4.23. The van der Waals surface area contributed by atoms with E-state index in [-0.39, 0.29) is 11.1 Å². The van der Waals surface area contributed by atoms with Gasteiger partial charge in [-0.15, -0.1) is 0 Å². The third-order valence-corrected chi connectivity index (χ3v) is 4.55. The van der Waals surface area contributed by atoms with E-state index in [2.05, 4.69) is 43.6 Å². The Balaban J connectivity index is 1.99. The lowest BCUT2D eigenvalue weighted by molar-refractivity contribution is -0.787. The molecule has 0 bridgehead atoms. The first-order chi connectivity index (χ1) is 10.1. The summed E-state index contributed by atoms with van der Waals surface area (Å²) in [5, 5.41) is 10.7. The number of hydrogen-bond acceptors (Lipinski definition) is 1. The lowest BCUT2D eigenvalue weighted by atomic mass is 9.80. The fourth-order valence-electron chi connectivity index (χ4n) is 3.73. The molecule has 122 valence electrons. The molecule has 1 aromatic rings. The summed E-state index contributed by atoms with van der Waals surface area (Å²) < 4.78 is 0. The molecule has 0 atom stereocenters. The third-order valence-electron chi connectivity index (χ3n) is 4.10. The molecular weight excluding hydrogens is 314 g/mol. The van der Waals surface area contributed by atoms with E-state index in [9.17, 15) is 0 Å². The zero-order chi connectivity index (χ0) is 16.5. The summed E-state index contributed by atoms with van der Waals surface area (Å²) in [5.74, 6) is 0. The molecule has 2 rings (SSSR count). The standard InChI is InChI=1S/C17H26ClN3S/c1-11-8-12(18)6-7-14(11)20-15(22)19-13-9-16(2,3)21-17(4,5)10-13/h6-8,13,21H,9-10H2,1-5H3,(H2,19,20,22)/p+1. The van der Waals surface area contributed by atoms with Gasteiger partial charge in [0.2, 0.25) is 0 Å². The van der Waals surface area contributed by atoms with Crippen LogP contribution in [0.2, 0.25) is 5.02 Å². The second kappa shape index (κ2) is 6.34. The van der Waals surface area contributed by atoms with E-state index >= 15 is 0 Å². The van der Waals surface area contributed by atoms with Crippen LogP contribution in [-0.2, 0) is 0 Å². The van der Waals surface area contributed by atoms with Crippen LogP contribution in [0, 0.1) is 6.92 Å². The highest BCUT2D eigenvalue weighted by Crippen LogP contribution is 2.23. The molecule has 0 aliphatic carbocycles. The number of rotatable bonds is 2. The maximum absolute atomic E-state index is 5.99. The Morgan fingerprint density at radius 3 is 2.36 bits per heavy atom. The highest BCUT2D eigenvalue weighted by atomic mass is 35.5. The molecule has 1 saturated heterocycles. The maximum atomic E-state index is 5.99. The number of nitrogens with one attached hydrogen (secondary N) is 2. The summed E-state index contributed by atoms with van der Waals surface area (Å²) >= 11 is 11.5. The zero-order valence-corrected chi connectivity index (χ0v) is 15.7. The molecule has 1 aliphatic heterocycles. The maximum Gasteiger partial charge on any atom is 0.171 e. The summed E-state index contributed by atoms with van der Waals surface area (Å²) in [4.78, 5) is 0. The second-order valence-corrected chi connectivity index (χ2v) is 8.63. The average molecular weight is 341 g/mol. The number of anilines is 1. The Morgan fingerprint density at radius 2 is 1.82 bits per heavy atom. The van der Waals surface area contributed by atoms with Crippen LogP contribution in [0.1, 0.15) is 46.1 Å². The molecule has 1 fully saturated rings. The van der Waals surface area contributed by atoms with Crippen LogP contribution in [0.5, 0.6) is 0 Å². The van der Waals surface area contributed by atoms with Crippen LogP contribution in [0.3, 0.4) is 0 Å². The topological polar surface area (TPSA) is 40.7 Å². The Kier molecular flexibility index (Phi) is 5.05. The highest BCUT2D eigenvalue weighted by molar-refractivity contribution is 7.80. The van der Waals surface area contributed by atoms with Gasteiger partial charge >= 0.3 is 0 Å². The van der Waals surface area contributed by atoms with Crippen molar-refractivity contribution >= 4 is 34.6 Å². The van der Waals surface area contributed by atoms with Crippen molar-refractivity contribution in [2.45, 2.75) is 64.6 Å². The van der Waals surface area contributed by atoms with E-state index in [1.807, 2.05) is 25.1 Å². The van der Waals surface area contributed by atoms with Gasteiger partial charge < -0.3 is 16.0 Å². The first-order valence-electron chi connectivity index (χ1n) is 7.77. The van der Waals surface area contributed by atoms with Crippen LogP contribution in [0.4, 0.5) is 5.69 Å². The van der Waals surface area contributed by atoms with Crippen molar-refractivity contribution in [3.63, 3.8) is 0 Å². The Morgan fingerprint density at radius 1 is 1.23 bits per heavy atom.